The first-order valence-electron chi connectivity index (χ1n) is 27.2. The highest BCUT2D eigenvalue weighted by molar-refractivity contribution is 5.99. The molecule has 0 aromatic carbocycles. The van der Waals surface area contributed by atoms with Gasteiger partial charge in [-0.1, -0.05) is 89.5 Å². The smallest absolute Gasteiger partial charge is 0.328 e. The van der Waals surface area contributed by atoms with Crippen molar-refractivity contribution >= 4 is 65.0 Å². The van der Waals surface area contributed by atoms with Crippen LogP contribution in [-0.4, -0.2) is 183 Å². The molecule has 2 saturated heterocycles. The van der Waals surface area contributed by atoms with E-state index in [4.69, 9.17) is 5.73 Å². The number of aliphatic hydroxyl groups excluding tert-OH is 2. The van der Waals surface area contributed by atoms with E-state index in [-0.39, 0.29) is 56.5 Å². The zero-order valence-corrected chi connectivity index (χ0v) is 47.4. The average molecular weight is 1090 g/mol. The number of amides is 10. The van der Waals surface area contributed by atoms with Crippen LogP contribution in [0.15, 0.2) is 0 Å². The van der Waals surface area contributed by atoms with Crippen molar-refractivity contribution in [2.45, 2.75) is 201 Å². The van der Waals surface area contributed by atoms with Gasteiger partial charge in [-0.05, 0) is 81.0 Å². The SMILES string of the molecule is CC[C@H](C)[C@H](NC(=O)[C@@H]1CCCN1C(=O)CNC(=O)[C@@H]1CCCN1C(=O)[C@H](CC(C)C)NC(=O)[C@@H](NC(=O)[C@@H](NC(=O)[C@@H](NC(=O)[C@@H](N)C(C)C)C(C)C)C(C)C)[C@@H](C)O)C(=O)N[C@@H](CC(C)C)C(=O)N[C@@H](CO)C(=O)O. The summed E-state index contributed by atoms with van der Waals surface area (Å²) < 4.78 is 0. The second kappa shape index (κ2) is 31.5. The molecule has 2 heterocycles. The lowest BCUT2D eigenvalue weighted by atomic mass is 9.96. The molecule has 25 nitrogen and oxygen atoms in total. The molecule has 2 rings (SSSR count). The number of aliphatic hydroxyl groups is 2. The third kappa shape index (κ3) is 20.1. The Morgan fingerprint density at radius 2 is 0.974 bits per heavy atom. The van der Waals surface area contributed by atoms with Crippen molar-refractivity contribution in [3.63, 3.8) is 0 Å². The Labute approximate surface area is 453 Å². The zero-order chi connectivity index (χ0) is 58.8. The molecule has 25 heteroatoms. The van der Waals surface area contributed by atoms with Crippen LogP contribution in [-0.2, 0) is 52.7 Å². The van der Waals surface area contributed by atoms with Crippen LogP contribution in [0.2, 0.25) is 0 Å². The number of likely N-dealkylation sites (tertiary alicyclic amines) is 2. The molecule has 2 aliphatic rings. The fraction of sp³-hybridized carbons (Fsp3) is 0.788. The fourth-order valence-electron chi connectivity index (χ4n) is 9.06. The summed E-state index contributed by atoms with van der Waals surface area (Å²) >= 11 is 0. The zero-order valence-electron chi connectivity index (χ0n) is 47.4. The van der Waals surface area contributed by atoms with Crippen LogP contribution in [0, 0.1) is 35.5 Å². The summed E-state index contributed by atoms with van der Waals surface area (Å²) in [6.45, 7) is 21.2. The van der Waals surface area contributed by atoms with Crippen molar-refractivity contribution in [1.82, 2.24) is 52.3 Å². The molecule has 0 aliphatic carbocycles. The predicted molar refractivity (Wildman–Crippen MR) is 283 cm³/mol. The standard InChI is InChI=1S/C52H91N11O14/c1-14-30(12)41(49(73)55-32(21-25(2)3)43(67)57-34(24-64)52(76)77)60-45(69)36-18-15-19-62(36)37(66)23-54-44(68)35-17-16-20-63(35)51(75)33(22-26(4)5)56-50(74)42(31(13)65)61-48(72)40(29(10)11)59-47(71)39(28(8)9)58-46(70)38(53)27(6)7/h25-36,38-42,64-65H,14-24,53H2,1-13H3,(H,54,68)(H,55,73)(H,56,74)(H,57,67)(H,58,70)(H,59,71)(H,60,69)(H,61,72)(H,76,77)/t30-,31+,32-,33-,34-,35-,36-,38-,39-,40-,41-,42-/m0/s1. The van der Waals surface area contributed by atoms with Crippen molar-refractivity contribution in [2.24, 2.45) is 41.2 Å². The van der Waals surface area contributed by atoms with Crippen LogP contribution in [0.3, 0.4) is 0 Å². The van der Waals surface area contributed by atoms with Crippen molar-refractivity contribution in [2.75, 3.05) is 26.2 Å². The number of hydrogen-bond donors (Lipinski definition) is 12. The molecule has 2 fully saturated rings. The Kier molecular flexibility index (Phi) is 27.4. The van der Waals surface area contributed by atoms with E-state index in [2.05, 4.69) is 42.5 Å². The second-order valence-corrected chi connectivity index (χ2v) is 22.4. The maximum Gasteiger partial charge on any atom is 0.328 e. The Balaban J connectivity index is 2.21. The maximum atomic E-state index is 14.3. The van der Waals surface area contributed by atoms with Crippen LogP contribution in [0.5, 0.6) is 0 Å². The van der Waals surface area contributed by atoms with Gasteiger partial charge in [0.1, 0.15) is 54.4 Å². The molecule has 12 atom stereocenters. The summed E-state index contributed by atoms with van der Waals surface area (Å²) in [5.41, 5.74) is 6.00. The van der Waals surface area contributed by atoms with E-state index in [0.717, 1.165) is 0 Å². The van der Waals surface area contributed by atoms with E-state index in [0.29, 0.717) is 19.3 Å². The molecule has 0 aromatic rings. The number of carbonyl (C=O) groups excluding carboxylic acids is 10. The monoisotopic (exact) mass is 1090 g/mol. The molecule has 438 valence electrons. The first-order valence-corrected chi connectivity index (χ1v) is 27.2. The number of nitrogens with one attached hydrogen (secondary N) is 8. The van der Waals surface area contributed by atoms with Gasteiger partial charge in [0.25, 0.3) is 0 Å². The summed E-state index contributed by atoms with van der Waals surface area (Å²) in [6.07, 6.45) is 0.475. The van der Waals surface area contributed by atoms with E-state index < -0.39 is 162 Å². The van der Waals surface area contributed by atoms with Crippen molar-refractivity contribution in [3.8, 4) is 0 Å². The predicted octanol–water partition coefficient (Wildman–Crippen LogP) is -1.63. The van der Waals surface area contributed by atoms with Crippen LogP contribution in [0.1, 0.15) is 135 Å². The third-order valence-electron chi connectivity index (χ3n) is 14.0. The molecule has 0 aromatic heterocycles. The molecule has 77 heavy (non-hydrogen) atoms. The van der Waals surface area contributed by atoms with Crippen molar-refractivity contribution in [1.29, 1.82) is 0 Å². The van der Waals surface area contributed by atoms with Crippen LogP contribution < -0.4 is 48.3 Å². The minimum Gasteiger partial charge on any atom is -0.480 e. The summed E-state index contributed by atoms with van der Waals surface area (Å²) in [7, 11) is 0. The Hall–Kier alpha value is -5.95. The highest BCUT2D eigenvalue weighted by Gasteiger charge is 2.42. The first-order chi connectivity index (χ1) is 35.9. The van der Waals surface area contributed by atoms with E-state index >= 15 is 0 Å². The quantitative estimate of drug-likeness (QED) is 0.0384. The molecule has 13 N–H and O–H groups in total. The van der Waals surface area contributed by atoms with Crippen LogP contribution >= 0.6 is 0 Å². The Bertz CT molecular complexity index is 2070. The number of rotatable bonds is 30. The van der Waals surface area contributed by atoms with Crippen LogP contribution in [0.25, 0.3) is 0 Å². The summed E-state index contributed by atoms with van der Waals surface area (Å²) in [4.78, 5) is 151. The van der Waals surface area contributed by atoms with Crippen molar-refractivity contribution < 1.29 is 68.1 Å². The van der Waals surface area contributed by atoms with E-state index in [1.807, 2.05) is 13.8 Å². The highest BCUT2D eigenvalue weighted by Crippen LogP contribution is 2.23. The normalized spacial score (nSPS) is 19.5. The second-order valence-electron chi connectivity index (χ2n) is 22.4. The first kappa shape index (κ1) is 67.2. The summed E-state index contributed by atoms with van der Waals surface area (Å²) in [5.74, 6) is -10.3. The highest BCUT2D eigenvalue weighted by atomic mass is 16.4. The number of carboxylic acids is 1. The molecular weight excluding hydrogens is 1000 g/mol. The van der Waals surface area contributed by atoms with Crippen molar-refractivity contribution in [3.05, 3.63) is 0 Å². The number of carboxylic acid groups (broad SMARTS) is 1. The third-order valence-corrected chi connectivity index (χ3v) is 14.0. The van der Waals surface area contributed by atoms with Gasteiger partial charge in [-0.15, -0.1) is 0 Å². The lowest BCUT2D eigenvalue weighted by Gasteiger charge is -2.32. The van der Waals surface area contributed by atoms with Gasteiger partial charge in [-0.2, -0.15) is 0 Å². The topological polar surface area (TPSA) is 377 Å². The molecule has 10 amide bonds. The Morgan fingerprint density at radius 1 is 0.532 bits per heavy atom. The van der Waals surface area contributed by atoms with Gasteiger partial charge in [0.2, 0.25) is 59.1 Å². The van der Waals surface area contributed by atoms with E-state index in [1.165, 1.54) is 16.7 Å². The van der Waals surface area contributed by atoms with Gasteiger partial charge in [-0.25, -0.2) is 4.79 Å². The summed E-state index contributed by atoms with van der Waals surface area (Å²) in [6, 6.07) is -12.0. The Morgan fingerprint density at radius 3 is 1.44 bits per heavy atom. The van der Waals surface area contributed by atoms with Gasteiger partial charge in [0, 0.05) is 13.1 Å². The molecule has 0 spiro atoms. The minimum atomic E-state index is -1.60. The number of hydrogen-bond acceptors (Lipinski definition) is 14. The van der Waals surface area contributed by atoms with Gasteiger partial charge < -0.3 is 73.4 Å². The average Bonchev–Trinajstić information content (AvgIpc) is 4.06. The summed E-state index contributed by atoms with van der Waals surface area (Å²) in [5, 5.41) is 50.3. The minimum absolute atomic E-state index is 0.103. The molecular formula is C52H91N11O14. The largest absolute Gasteiger partial charge is 0.480 e. The molecule has 0 unspecified atom stereocenters. The lowest BCUT2D eigenvalue weighted by Crippen LogP contribution is -2.62. The van der Waals surface area contributed by atoms with Gasteiger partial charge >= 0.3 is 5.97 Å². The number of aliphatic carboxylic acids is 1. The molecule has 0 saturated carbocycles. The van der Waals surface area contributed by atoms with Gasteiger partial charge in [0.15, 0.2) is 0 Å². The van der Waals surface area contributed by atoms with Gasteiger partial charge in [0.05, 0.1) is 25.3 Å². The fourth-order valence-corrected chi connectivity index (χ4v) is 9.06. The molecule has 0 bridgehead atoms. The number of carbonyl (C=O) groups is 11. The number of nitrogens with zero attached hydrogens (tertiary/aromatic N) is 2. The van der Waals surface area contributed by atoms with Gasteiger partial charge in [-0.3, -0.25) is 47.9 Å². The lowest BCUT2D eigenvalue weighted by molar-refractivity contribution is -0.144. The van der Waals surface area contributed by atoms with E-state index in [1.54, 1.807) is 69.2 Å². The number of nitrogens with two attached hydrogens (primary N) is 1. The van der Waals surface area contributed by atoms with Crippen LogP contribution in [0.4, 0.5) is 0 Å². The molecule has 2 aliphatic heterocycles. The van der Waals surface area contributed by atoms with E-state index in [9.17, 15) is 68.1 Å². The maximum absolute atomic E-state index is 14.3. The molecule has 0 radical (unpaired) electrons.